The zero-order chi connectivity index (χ0) is 13.8. The van der Waals surface area contributed by atoms with Crippen molar-refractivity contribution < 1.29 is 0 Å². The Balaban J connectivity index is 1.96. The van der Waals surface area contributed by atoms with Crippen molar-refractivity contribution in [3.63, 3.8) is 0 Å². The summed E-state index contributed by atoms with van der Waals surface area (Å²) in [5.74, 6) is 0. The third-order valence-electron chi connectivity index (χ3n) is 4.06. The SMILES string of the molecule is CCCCCCCCc1c(C)sc2c(C)c(C)sc12. The second-order valence-corrected chi connectivity index (χ2v) is 8.05. The average Bonchev–Trinajstić information content (AvgIpc) is 2.83. The molecule has 0 N–H and O–H groups in total. The molecular formula is C17H26S2. The van der Waals surface area contributed by atoms with Gasteiger partial charge in [-0.3, -0.25) is 0 Å². The number of hydrogen-bond donors (Lipinski definition) is 0. The van der Waals surface area contributed by atoms with E-state index in [1.54, 1.807) is 19.8 Å². The van der Waals surface area contributed by atoms with Crippen LogP contribution in [-0.4, -0.2) is 0 Å². The van der Waals surface area contributed by atoms with Gasteiger partial charge in [-0.25, -0.2) is 0 Å². The first-order chi connectivity index (χ1) is 9.15. The van der Waals surface area contributed by atoms with Crippen molar-refractivity contribution in [3.8, 4) is 0 Å². The third-order valence-corrected chi connectivity index (χ3v) is 6.73. The number of hydrogen-bond acceptors (Lipinski definition) is 2. The predicted octanol–water partition coefficient (Wildman–Crippen LogP) is 6.79. The minimum Gasteiger partial charge on any atom is -0.139 e. The quantitative estimate of drug-likeness (QED) is 0.493. The van der Waals surface area contributed by atoms with Crippen LogP contribution in [0.5, 0.6) is 0 Å². The van der Waals surface area contributed by atoms with Crippen LogP contribution in [0.3, 0.4) is 0 Å². The Bertz CT molecular complexity index is 531. The van der Waals surface area contributed by atoms with Crippen molar-refractivity contribution >= 4 is 32.1 Å². The lowest BCUT2D eigenvalue weighted by molar-refractivity contribution is 0.608. The summed E-state index contributed by atoms with van der Waals surface area (Å²) in [4.78, 5) is 3.06. The topological polar surface area (TPSA) is 0 Å². The van der Waals surface area contributed by atoms with Gasteiger partial charge in [0.15, 0.2) is 0 Å². The van der Waals surface area contributed by atoms with Crippen LogP contribution in [-0.2, 0) is 6.42 Å². The molecule has 0 unspecified atom stereocenters. The average molecular weight is 295 g/mol. The van der Waals surface area contributed by atoms with Crippen LogP contribution in [0.25, 0.3) is 9.40 Å². The van der Waals surface area contributed by atoms with Crippen molar-refractivity contribution in [1.82, 2.24) is 0 Å². The van der Waals surface area contributed by atoms with Gasteiger partial charge in [0.05, 0.1) is 0 Å². The smallest absolute Gasteiger partial charge is 0.0490 e. The molecule has 2 aromatic heterocycles. The Morgan fingerprint density at radius 3 is 2.11 bits per heavy atom. The molecule has 0 fully saturated rings. The van der Waals surface area contributed by atoms with Gasteiger partial charge in [0.25, 0.3) is 0 Å². The van der Waals surface area contributed by atoms with Crippen molar-refractivity contribution in [1.29, 1.82) is 0 Å². The third kappa shape index (κ3) is 3.41. The number of fused-ring (bicyclic) bond motifs is 1. The van der Waals surface area contributed by atoms with Crippen molar-refractivity contribution in [2.24, 2.45) is 0 Å². The Kier molecular flexibility index (Phi) is 5.47. The van der Waals surface area contributed by atoms with Crippen LogP contribution in [0.1, 0.15) is 66.3 Å². The molecule has 2 heteroatoms. The molecule has 0 aliphatic heterocycles. The summed E-state index contributed by atoms with van der Waals surface area (Å²) in [5, 5.41) is 0. The summed E-state index contributed by atoms with van der Waals surface area (Å²) in [6.07, 6.45) is 9.65. The van der Waals surface area contributed by atoms with Gasteiger partial charge >= 0.3 is 0 Å². The molecule has 0 bridgehead atoms. The van der Waals surface area contributed by atoms with Crippen LogP contribution < -0.4 is 0 Å². The van der Waals surface area contributed by atoms with Crippen LogP contribution in [0.2, 0.25) is 0 Å². The molecule has 106 valence electrons. The zero-order valence-corrected chi connectivity index (χ0v) is 14.4. The van der Waals surface area contributed by atoms with Gasteiger partial charge < -0.3 is 0 Å². The van der Waals surface area contributed by atoms with E-state index in [-0.39, 0.29) is 0 Å². The molecule has 2 rings (SSSR count). The first-order valence-corrected chi connectivity index (χ1v) is 9.26. The molecule has 0 saturated heterocycles. The Labute approximate surface area is 125 Å². The first-order valence-electron chi connectivity index (χ1n) is 7.63. The van der Waals surface area contributed by atoms with Crippen LogP contribution in [0.4, 0.5) is 0 Å². The van der Waals surface area contributed by atoms with E-state index in [4.69, 9.17) is 0 Å². The zero-order valence-electron chi connectivity index (χ0n) is 12.8. The molecule has 19 heavy (non-hydrogen) atoms. The fraction of sp³-hybridized carbons (Fsp3) is 0.647. The second-order valence-electron chi connectivity index (χ2n) is 5.60. The highest BCUT2D eigenvalue weighted by molar-refractivity contribution is 7.28. The Morgan fingerprint density at radius 1 is 0.737 bits per heavy atom. The lowest BCUT2D eigenvalue weighted by Crippen LogP contribution is -1.86. The summed E-state index contributed by atoms with van der Waals surface area (Å²) >= 11 is 4.02. The molecule has 0 nitrogen and oxygen atoms in total. The van der Waals surface area contributed by atoms with Gasteiger partial charge in [0.2, 0.25) is 0 Å². The highest BCUT2D eigenvalue weighted by Crippen LogP contribution is 2.40. The van der Waals surface area contributed by atoms with E-state index in [0.717, 1.165) is 0 Å². The lowest BCUT2D eigenvalue weighted by Gasteiger charge is -2.01. The minimum atomic E-state index is 1.29. The number of unbranched alkanes of at least 4 members (excludes halogenated alkanes) is 5. The number of rotatable bonds is 7. The van der Waals surface area contributed by atoms with Crippen molar-refractivity contribution in [3.05, 3.63) is 20.9 Å². The van der Waals surface area contributed by atoms with Crippen molar-refractivity contribution in [2.75, 3.05) is 0 Å². The molecular weight excluding hydrogens is 268 g/mol. The van der Waals surface area contributed by atoms with E-state index in [2.05, 4.69) is 27.7 Å². The standard InChI is InChI=1S/C17H26S2/c1-5-6-7-8-9-10-11-15-14(4)19-16-12(2)13(3)18-17(15)16/h5-11H2,1-4H3. The molecule has 0 saturated carbocycles. The maximum absolute atomic E-state index is 2.30. The second kappa shape index (κ2) is 6.90. The van der Waals surface area contributed by atoms with Gasteiger partial charge in [-0.05, 0) is 44.7 Å². The van der Waals surface area contributed by atoms with E-state index in [1.165, 1.54) is 55.4 Å². The maximum Gasteiger partial charge on any atom is 0.0490 e. The highest BCUT2D eigenvalue weighted by Gasteiger charge is 2.14. The fourth-order valence-corrected chi connectivity index (χ4v) is 5.39. The molecule has 0 aliphatic carbocycles. The van der Waals surface area contributed by atoms with Crippen LogP contribution in [0, 0.1) is 20.8 Å². The predicted molar refractivity (Wildman–Crippen MR) is 91.0 cm³/mol. The van der Waals surface area contributed by atoms with Gasteiger partial charge in [0, 0.05) is 19.2 Å². The molecule has 0 aliphatic rings. The maximum atomic E-state index is 2.30. The van der Waals surface area contributed by atoms with E-state index < -0.39 is 0 Å². The summed E-state index contributed by atoms with van der Waals surface area (Å²) in [6, 6.07) is 0. The van der Waals surface area contributed by atoms with Gasteiger partial charge in [-0.2, -0.15) is 0 Å². The molecule has 0 aromatic carbocycles. The summed E-state index contributed by atoms with van der Waals surface area (Å²) in [7, 11) is 0. The monoisotopic (exact) mass is 294 g/mol. The largest absolute Gasteiger partial charge is 0.139 e. The van der Waals surface area contributed by atoms with E-state index in [1.807, 2.05) is 22.7 Å². The summed E-state index contributed by atoms with van der Waals surface area (Å²) < 4.78 is 3.15. The van der Waals surface area contributed by atoms with Crippen molar-refractivity contribution in [2.45, 2.75) is 72.6 Å². The van der Waals surface area contributed by atoms with Gasteiger partial charge in [-0.1, -0.05) is 39.0 Å². The van der Waals surface area contributed by atoms with E-state index in [0.29, 0.717) is 0 Å². The number of thiophene rings is 2. The minimum absolute atomic E-state index is 1.29. The highest BCUT2D eigenvalue weighted by atomic mass is 32.1. The van der Waals surface area contributed by atoms with Crippen LogP contribution >= 0.6 is 22.7 Å². The fourth-order valence-electron chi connectivity index (χ4n) is 2.67. The lowest BCUT2D eigenvalue weighted by atomic mass is 10.1. The molecule has 2 heterocycles. The normalized spacial score (nSPS) is 11.6. The Morgan fingerprint density at radius 2 is 1.37 bits per heavy atom. The molecule has 2 aromatic rings. The first kappa shape index (κ1) is 15.1. The summed E-state index contributed by atoms with van der Waals surface area (Å²) in [6.45, 7) is 9.13. The molecule has 0 radical (unpaired) electrons. The van der Waals surface area contributed by atoms with E-state index >= 15 is 0 Å². The Hall–Kier alpha value is -0.340. The van der Waals surface area contributed by atoms with Gasteiger partial charge in [-0.15, -0.1) is 22.7 Å². The summed E-state index contributed by atoms with van der Waals surface area (Å²) in [5.41, 5.74) is 3.17. The van der Waals surface area contributed by atoms with Crippen LogP contribution in [0.15, 0.2) is 0 Å². The molecule has 0 atom stereocenters. The molecule has 0 amide bonds. The van der Waals surface area contributed by atoms with Gasteiger partial charge in [0.1, 0.15) is 0 Å². The molecule has 0 spiro atoms. The van der Waals surface area contributed by atoms with E-state index in [9.17, 15) is 0 Å². The number of aryl methyl sites for hydroxylation is 4.